The summed E-state index contributed by atoms with van der Waals surface area (Å²) in [5.74, 6) is 0. The fourth-order valence-electron chi connectivity index (χ4n) is 3.19. The molecule has 4 heteroatoms. The highest BCUT2D eigenvalue weighted by Crippen LogP contribution is 2.75. The van der Waals surface area contributed by atoms with Crippen LogP contribution < -0.4 is 0 Å². The van der Waals surface area contributed by atoms with Crippen LogP contribution in [0.5, 0.6) is 0 Å². The van der Waals surface area contributed by atoms with Crippen molar-refractivity contribution in [1.29, 1.82) is 0 Å². The van der Waals surface area contributed by atoms with Gasteiger partial charge in [0.05, 0.1) is 21.8 Å². The number of nitrogens with zero attached hydrogens (tertiary/aromatic N) is 2. The highest BCUT2D eigenvalue weighted by Gasteiger charge is 2.74. The van der Waals surface area contributed by atoms with E-state index in [4.69, 9.17) is 0 Å². The summed E-state index contributed by atoms with van der Waals surface area (Å²) in [5.41, 5.74) is -0.170. The molecular weight excluding hydrogens is 256 g/mol. The summed E-state index contributed by atoms with van der Waals surface area (Å²) in [7, 11) is 0. The molecule has 3 fully saturated rings. The van der Waals surface area contributed by atoms with E-state index in [-0.39, 0.29) is 11.0 Å². The van der Waals surface area contributed by atoms with E-state index in [0.29, 0.717) is 0 Å². The maximum atomic E-state index is 10.1. The van der Waals surface area contributed by atoms with Gasteiger partial charge in [0, 0.05) is 11.6 Å². The Morgan fingerprint density at radius 2 is 2.07 bits per heavy atom. The quantitative estimate of drug-likeness (QED) is 0.896. The van der Waals surface area contributed by atoms with E-state index in [0.717, 1.165) is 23.7 Å². The first-order valence-electron chi connectivity index (χ1n) is 5.30. The van der Waals surface area contributed by atoms with Crippen LogP contribution in [0.25, 0.3) is 0 Å². The second-order valence-corrected chi connectivity index (χ2v) is 6.61. The molecule has 0 spiro atoms. The lowest BCUT2D eigenvalue weighted by Gasteiger charge is -2.74. The molecule has 1 aromatic rings. The van der Waals surface area contributed by atoms with Crippen LogP contribution in [0.2, 0.25) is 0 Å². The maximum absolute atomic E-state index is 10.1. The summed E-state index contributed by atoms with van der Waals surface area (Å²) in [6, 6.07) is 0. The molecule has 0 aromatic carbocycles. The summed E-state index contributed by atoms with van der Waals surface area (Å²) >= 11 is 3.42. The SMILES string of the molecule is CC(C)(O)C12CC(n3cc(Br)cn3)(C1)C2. The number of halogens is 1. The molecule has 1 heterocycles. The molecule has 0 amide bonds. The fourth-order valence-corrected chi connectivity index (χ4v) is 3.47. The predicted molar refractivity (Wildman–Crippen MR) is 60.5 cm³/mol. The van der Waals surface area contributed by atoms with Gasteiger partial charge < -0.3 is 5.11 Å². The van der Waals surface area contributed by atoms with E-state index in [1.54, 1.807) is 0 Å². The van der Waals surface area contributed by atoms with Crippen molar-refractivity contribution in [3.63, 3.8) is 0 Å². The predicted octanol–water partition coefficient (Wildman–Crippen LogP) is 2.30. The van der Waals surface area contributed by atoms with Gasteiger partial charge in [0.15, 0.2) is 0 Å². The van der Waals surface area contributed by atoms with Gasteiger partial charge in [-0.15, -0.1) is 0 Å². The van der Waals surface area contributed by atoms with Crippen molar-refractivity contribution in [2.24, 2.45) is 5.41 Å². The Bertz CT molecular complexity index is 399. The second kappa shape index (κ2) is 2.48. The Balaban J connectivity index is 1.82. The number of aromatic nitrogens is 2. The molecule has 0 radical (unpaired) electrons. The highest BCUT2D eigenvalue weighted by atomic mass is 79.9. The molecule has 15 heavy (non-hydrogen) atoms. The van der Waals surface area contributed by atoms with Gasteiger partial charge >= 0.3 is 0 Å². The van der Waals surface area contributed by atoms with Crippen LogP contribution in [-0.4, -0.2) is 20.5 Å². The third-order valence-corrected chi connectivity index (χ3v) is 4.75. The van der Waals surface area contributed by atoms with Gasteiger partial charge in [-0.05, 0) is 49.0 Å². The Morgan fingerprint density at radius 1 is 1.47 bits per heavy atom. The average molecular weight is 271 g/mol. The Labute approximate surface area is 97.6 Å². The minimum Gasteiger partial charge on any atom is -0.390 e. The van der Waals surface area contributed by atoms with Crippen molar-refractivity contribution in [3.05, 3.63) is 16.9 Å². The first-order valence-corrected chi connectivity index (χ1v) is 6.09. The molecule has 82 valence electrons. The van der Waals surface area contributed by atoms with Crippen LogP contribution in [0.3, 0.4) is 0 Å². The number of aliphatic hydroxyl groups is 1. The molecule has 0 aliphatic heterocycles. The topological polar surface area (TPSA) is 38.0 Å². The monoisotopic (exact) mass is 270 g/mol. The molecule has 2 bridgehead atoms. The molecular formula is C11H15BrN2O. The average Bonchev–Trinajstić information content (AvgIpc) is 2.25. The molecule has 3 aliphatic rings. The standard InChI is InChI=1S/C11H15BrN2O/c1-9(2,15)10-5-11(6-10,7-10)14-4-8(12)3-13-14/h3-4,15H,5-7H2,1-2H3. The zero-order valence-electron chi connectivity index (χ0n) is 9.00. The molecule has 3 nitrogen and oxygen atoms in total. The van der Waals surface area contributed by atoms with Crippen molar-refractivity contribution in [2.45, 2.75) is 44.2 Å². The van der Waals surface area contributed by atoms with Gasteiger partial charge in [-0.25, -0.2) is 0 Å². The van der Waals surface area contributed by atoms with E-state index in [1.807, 2.05) is 26.2 Å². The van der Waals surface area contributed by atoms with Crippen molar-refractivity contribution >= 4 is 15.9 Å². The lowest BCUT2D eigenvalue weighted by Crippen LogP contribution is -2.74. The maximum Gasteiger partial charge on any atom is 0.0650 e. The third kappa shape index (κ3) is 1.07. The van der Waals surface area contributed by atoms with Gasteiger partial charge in [0.1, 0.15) is 0 Å². The van der Waals surface area contributed by atoms with Crippen LogP contribution in [-0.2, 0) is 5.54 Å². The van der Waals surface area contributed by atoms with E-state index in [2.05, 4.69) is 25.7 Å². The van der Waals surface area contributed by atoms with E-state index in [1.165, 1.54) is 0 Å². The minimum atomic E-state index is -0.543. The van der Waals surface area contributed by atoms with Gasteiger partial charge in [-0.1, -0.05) is 0 Å². The van der Waals surface area contributed by atoms with Crippen molar-refractivity contribution in [3.8, 4) is 0 Å². The van der Waals surface area contributed by atoms with Crippen LogP contribution in [0.4, 0.5) is 0 Å². The largest absolute Gasteiger partial charge is 0.390 e. The zero-order valence-corrected chi connectivity index (χ0v) is 10.6. The Morgan fingerprint density at radius 3 is 2.47 bits per heavy atom. The van der Waals surface area contributed by atoms with Gasteiger partial charge in [0.2, 0.25) is 0 Å². The van der Waals surface area contributed by atoms with E-state index >= 15 is 0 Å². The number of rotatable bonds is 2. The smallest absolute Gasteiger partial charge is 0.0650 e. The van der Waals surface area contributed by atoms with Gasteiger partial charge in [-0.3, -0.25) is 4.68 Å². The number of hydrogen-bond acceptors (Lipinski definition) is 2. The molecule has 0 atom stereocenters. The molecule has 1 aromatic heterocycles. The van der Waals surface area contributed by atoms with Gasteiger partial charge in [0.25, 0.3) is 0 Å². The zero-order chi connectivity index (χ0) is 10.9. The normalized spacial score (nSPS) is 38.4. The fraction of sp³-hybridized carbons (Fsp3) is 0.727. The molecule has 3 saturated carbocycles. The summed E-state index contributed by atoms with van der Waals surface area (Å²) < 4.78 is 3.09. The lowest BCUT2D eigenvalue weighted by molar-refractivity contribution is -0.277. The van der Waals surface area contributed by atoms with Crippen molar-refractivity contribution < 1.29 is 5.11 Å². The lowest BCUT2D eigenvalue weighted by atomic mass is 9.35. The Hall–Kier alpha value is -0.350. The summed E-state index contributed by atoms with van der Waals surface area (Å²) in [6.45, 7) is 3.85. The summed E-state index contributed by atoms with van der Waals surface area (Å²) in [6.07, 6.45) is 7.07. The van der Waals surface area contributed by atoms with Crippen molar-refractivity contribution in [1.82, 2.24) is 9.78 Å². The van der Waals surface area contributed by atoms with Crippen LogP contribution in [0.15, 0.2) is 16.9 Å². The Kier molecular flexibility index (Phi) is 1.63. The minimum absolute atomic E-state index is 0.158. The molecule has 0 unspecified atom stereocenters. The van der Waals surface area contributed by atoms with E-state index < -0.39 is 5.60 Å². The number of hydrogen-bond donors (Lipinski definition) is 1. The molecule has 0 saturated heterocycles. The van der Waals surface area contributed by atoms with Crippen molar-refractivity contribution in [2.75, 3.05) is 0 Å². The first-order chi connectivity index (χ1) is 6.87. The van der Waals surface area contributed by atoms with Gasteiger partial charge in [-0.2, -0.15) is 5.10 Å². The third-order valence-electron chi connectivity index (χ3n) is 4.34. The molecule has 4 rings (SSSR count). The van der Waals surface area contributed by atoms with Crippen LogP contribution in [0.1, 0.15) is 33.1 Å². The second-order valence-electron chi connectivity index (χ2n) is 5.70. The molecule has 3 aliphatic carbocycles. The summed E-state index contributed by atoms with van der Waals surface area (Å²) in [4.78, 5) is 0. The van der Waals surface area contributed by atoms with Crippen LogP contribution >= 0.6 is 15.9 Å². The highest BCUT2D eigenvalue weighted by molar-refractivity contribution is 9.10. The first kappa shape index (κ1) is 9.85. The van der Waals surface area contributed by atoms with Crippen LogP contribution in [0, 0.1) is 5.41 Å². The molecule has 1 N–H and O–H groups in total. The van der Waals surface area contributed by atoms with E-state index in [9.17, 15) is 5.11 Å². The summed E-state index contributed by atoms with van der Waals surface area (Å²) in [5, 5.41) is 14.4.